The van der Waals surface area contributed by atoms with Crippen LogP contribution < -0.4 is 5.32 Å². The van der Waals surface area contributed by atoms with E-state index in [1.807, 2.05) is 18.7 Å². The van der Waals surface area contributed by atoms with Crippen molar-refractivity contribution in [1.82, 2.24) is 10.2 Å². The Morgan fingerprint density at radius 2 is 2.12 bits per heavy atom. The minimum absolute atomic E-state index is 0.0250. The van der Waals surface area contributed by atoms with E-state index in [0.29, 0.717) is 12.5 Å². The Morgan fingerprint density at radius 3 is 2.53 bits per heavy atom. The van der Waals surface area contributed by atoms with Crippen LogP contribution in [0.3, 0.4) is 0 Å². The molecule has 0 saturated carbocycles. The summed E-state index contributed by atoms with van der Waals surface area (Å²) in [5.41, 5.74) is -0.502. The van der Waals surface area contributed by atoms with Crippen LogP contribution in [-0.2, 0) is 4.79 Å². The van der Waals surface area contributed by atoms with Crippen molar-refractivity contribution in [3.8, 4) is 12.3 Å². The van der Waals surface area contributed by atoms with Crippen molar-refractivity contribution < 1.29 is 9.90 Å². The Hall–Kier alpha value is -1.05. The monoisotopic (exact) mass is 238 g/mol. The maximum Gasteiger partial charge on any atom is 0.235 e. The van der Waals surface area contributed by atoms with Gasteiger partial charge in [-0.05, 0) is 12.8 Å². The number of terminal acetylenes is 1. The van der Waals surface area contributed by atoms with Crippen LogP contribution in [0.5, 0.6) is 0 Å². The largest absolute Gasteiger partial charge is 0.396 e. The summed E-state index contributed by atoms with van der Waals surface area (Å²) in [5.74, 6) is 2.99. The van der Waals surface area contributed by atoms with Gasteiger partial charge in [-0.2, -0.15) is 0 Å². The molecule has 0 bridgehead atoms. The molecule has 4 heteroatoms. The summed E-state index contributed by atoms with van der Waals surface area (Å²) in [6.45, 7) is 6.14. The molecule has 0 aromatic carbocycles. The molecule has 0 aliphatic carbocycles. The Balaban J connectivity index is 2.37. The number of carbonyl (C=O) groups is 1. The van der Waals surface area contributed by atoms with Crippen LogP contribution >= 0.6 is 0 Å². The summed E-state index contributed by atoms with van der Waals surface area (Å²) < 4.78 is 0. The number of carbonyl (C=O) groups excluding carboxylic acids is 1. The SMILES string of the molecule is C#CC(CC)(CC)NC(=O)CN1CC(CO)C1. The van der Waals surface area contributed by atoms with E-state index in [0.717, 1.165) is 25.9 Å². The molecule has 96 valence electrons. The Labute approximate surface area is 103 Å². The number of aliphatic hydroxyl groups excluding tert-OH is 1. The molecule has 1 amide bonds. The number of nitrogens with one attached hydrogen (secondary N) is 1. The summed E-state index contributed by atoms with van der Waals surface area (Å²) in [4.78, 5) is 13.8. The molecule has 1 saturated heterocycles. The van der Waals surface area contributed by atoms with Gasteiger partial charge in [-0.15, -0.1) is 6.42 Å². The van der Waals surface area contributed by atoms with Crippen molar-refractivity contribution in [3.05, 3.63) is 0 Å². The number of hydrogen-bond acceptors (Lipinski definition) is 3. The van der Waals surface area contributed by atoms with Crippen LogP contribution in [0.4, 0.5) is 0 Å². The molecule has 1 rings (SSSR count). The predicted molar refractivity (Wildman–Crippen MR) is 67.3 cm³/mol. The number of likely N-dealkylation sites (tertiary alicyclic amines) is 1. The lowest BCUT2D eigenvalue weighted by Gasteiger charge is -2.38. The molecule has 1 fully saturated rings. The van der Waals surface area contributed by atoms with Gasteiger partial charge in [-0.25, -0.2) is 0 Å². The highest BCUT2D eigenvalue weighted by Gasteiger charge is 2.30. The highest BCUT2D eigenvalue weighted by atomic mass is 16.3. The van der Waals surface area contributed by atoms with E-state index in [9.17, 15) is 4.79 Å². The lowest BCUT2D eigenvalue weighted by molar-refractivity contribution is -0.125. The highest BCUT2D eigenvalue weighted by Crippen LogP contribution is 2.16. The summed E-state index contributed by atoms with van der Waals surface area (Å²) in [5, 5.41) is 11.8. The first kappa shape index (κ1) is 14.0. The van der Waals surface area contributed by atoms with E-state index in [2.05, 4.69) is 11.2 Å². The lowest BCUT2D eigenvalue weighted by atomic mass is 9.93. The zero-order valence-electron chi connectivity index (χ0n) is 10.7. The number of aliphatic hydroxyl groups is 1. The third-order valence-electron chi connectivity index (χ3n) is 3.52. The molecule has 4 nitrogen and oxygen atoms in total. The van der Waals surface area contributed by atoms with Crippen molar-refractivity contribution in [1.29, 1.82) is 0 Å². The molecule has 0 atom stereocenters. The van der Waals surface area contributed by atoms with Crippen LogP contribution in [0.2, 0.25) is 0 Å². The summed E-state index contributed by atoms with van der Waals surface area (Å²) in [6.07, 6.45) is 6.97. The smallest absolute Gasteiger partial charge is 0.235 e. The molecule has 2 N–H and O–H groups in total. The predicted octanol–water partition coefficient (Wildman–Crippen LogP) is 0.219. The van der Waals surface area contributed by atoms with Gasteiger partial charge in [0.1, 0.15) is 5.54 Å². The van der Waals surface area contributed by atoms with Gasteiger partial charge in [0.15, 0.2) is 0 Å². The minimum Gasteiger partial charge on any atom is -0.396 e. The fraction of sp³-hybridized carbons (Fsp3) is 0.769. The molecule has 0 spiro atoms. The topological polar surface area (TPSA) is 52.6 Å². The van der Waals surface area contributed by atoms with E-state index < -0.39 is 5.54 Å². The molecular formula is C13H22N2O2. The van der Waals surface area contributed by atoms with Crippen molar-refractivity contribution in [2.24, 2.45) is 5.92 Å². The van der Waals surface area contributed by atoms with Crippen molar-refractivity contribution >= 4 is 5.91 Å². The summed E-state index contributed by atoms with van der Waals surface area (Å²) >= 11 is 0. The van der Waals surface area contributed by atoms with Gasteiger partial charge in [0.05, 0.1) is 6.54 Å². The number of rotatable bonds is 6. The van der Waals surface area contributed by atoms with Gasteiger partial charge < -0.3 is 10.4 Å². The molecule has 1 heterocycles. The van der Waals surface area contributed by atoms with E-state index >= 15 is 0 Å². The second-order valence-corrected chi connectivity index (χ2v) is 4.72. The van der Waals surface area contributed by atoms with Crippen LogP contribution in [0.25, 0.3) is 0 Å². The molecule has 1 aliphatic rings. The first-order chi connectivity index (χ1) is 8.09. The standard InChI is InChI=1S/C13H22N2O2/c1-4-13(5-2,6-3)14-12(17)9-15-7-11(8-15)10-16/h1,11,16H,5-10H2,2-3H3,(H,14,17). The van der Waals surface area contributed by atoms with E-state index in [4.69, 9.17) is 11.5 Å². The fourth-order valence-electron chi connectivity index (χ4n) is 2.10. The minimum atomic E-state index is -0.502. The zero-order chi connectivity index (χ0) is 12.9. The number of hydrogen-bond donors (Lipinski definition) is 2. The average molecular weight is 238 g/mol. The van der Waals surface area contributed by atoms with Gasteiger partial charge >= 0.3 is 0 Å². The molecule has 1 aliphatic heterocycles. The molecule has 0 aromatic heterocycles. The Kier molecular flexibility index (Phi) is 4.98. The fourth-order valence-corrected chi connectivity index (χ4v) is 2.10. The maximum absolute atomic E-state index is 11.8. The third-order valence-corrected chi connectivity index (χ3v) is 3.52. The maximum atomic E-state index is 11.8. The third kappa shape index (κ3) is 3.45. The quantitative estimate of drug-likeness (QED) is 0.651. The normalized spacial score (nSPS) is 17.3. The van der Waals surface area contributed by atoms with Gasteiger partial charge in [-0.1, -0.05) is 19.8 Å². The first-order valence-corrected chi connectivity index (χ1v) is 6.21. The summed E-state index contributed by atoms with van der Waals surface area (Å²) in [7, 11) is 0. The van der Waals surface area contributed by atoms with Crippen molar-refractivity contribution in [2.45, 2.75) is 32.2 Å². The zero-order valence-corrected chi connectivity index (χ0v) is 10.7. The first-order valence-electron chi connectivity index (χ1n) is 6.21. The van der Waals surface area contributed by atoms with E-state index in [1.165, 1.54) is 0 Å². The van der Waals surface area contributed by atoms with Crippen LogP contribution in [0, 0.1) is 18.3 Å². The Morgan fingerprint density at radius 1 is 1.53 bits per heavy atom. The molecular weight excluding hydrogens is 216 g/mol. The molecule has 0 aromatic rings. The van der Waals surface area contributed by atoms with Gasteiger partial charge in [0.25, 0.3) is 0 Å². The highest BCUT2D eigenvalue weighted by molar-refractivity contribution is 5.79. The molecule has 17 heavy (non-hydrogen) atoms. The molecule has 0 radical (unpaired) electrons. The number of nitrogens with zero attached hydrogens (tertiary/aromatic N) is 1. The number of amides is 1. The lowest BCUT2D eigenvalue weighted by Crippen LogP contribution is -2.55. The van der Waals surface area contributed by atoms with Crippen LogP contribution in [-0.4, -0.2) is 47.7 Å². The van der Waals surface area contributed by atoms with Crippen molar-refractivity contribution in [3.63, 3.8) is 0 Å². The van der Waals surface area contributed by atoms with Crippen LogP contribution in [0.1, 0.15) is 26.7 Å². The molecule has 0 unspecified atom stereocenters. The van der Waals surface area contributed by atoms with Gasteiger partial charge in [0.2, 0.25) is 5.91 Å². The Bertz CT molecular complexity index is 299. The van der Waals surface area contributed by atoms with Crippen molar-refractivity contribution in [2.75, 3.05) is 26.2 Å². The second-order valence-electron chi connectivity index (χ2n) is 4.72. The van der Waals surface area contributed by atoms with Crippen LogP contribution in [0.15, 0.2) is 0 Å². The summed E-state index contributed by atoms with van der Waals surface area (Å²) in [6, 6.07) is 0. The average Bonchev–Trinajstić information content (AvgIpc) is 2.30. The van der Waals surface area contributed by atoms with Gasteiger partial charge in [-0.3, -0.25) is 9.69 Å². The van der Waals surface area contributed by atoms with Gasteiger partial charge in [0, 0.05) is 25.6 Å². The second kappa shape index (κ2) is 6.04. The van der Waals surface area contributed by atoms with E-state index in [-0.39, 0.29) is 12.5 Å². The van der Waals surface area contributed by atoms with E-state index in [1.54, 1.807) is 0 Å².